The third-order valence-corrected chi connectivity index (χ3v) is 1.81. The van der Waals surface area contributed by atoms with Gasteiger partial charge < -0.3 is 26.3 Å². The number of primary amides is 1. The van der Waals surface area contributed by atoms with Gasteiger partial charge in [-0.2, -0.15) is 0 Å². The van der Waals surface area contributed by atoms with Crippen LogP contribution in [0.15, 0.2) is 12.1 Å². The number of benzene rings is 1. The van der Waals surface area contributed by atoms with Crippen LogP contribution >= 0.6 is 0 Å². The fourth-order valence-electron chi connectivity index (χ4n) is 1.15. The molecule has 6 nitrogen and oxygen atoms in total. The maximum Gasteiger partial charge on any atom is 0.316 e. The fourth-order valence-corrected chi connectivity index (χ4v) is 1.15. The molecule has 0 heterocycles. The van der Waals surface area contributed by atoms with Crippen molar-refractivity contribution < 1.29 is 14.3 Å². The normalized spacial score (nSPS) is 9.47. The lowest BCUT2D eigenvalue weighted by Gasteiger charge is -2.12. The first-order valence-electron chi connectivity index (χ1n) is 4.16. The number of methoxy groups -OCH3 is 2. The van der Waals surface area contributed by atoms with Gasteiger partial charge in [0.15, 0.2) is 0 Å². The molecule has 0 aliphatic heterocycles. The van der Waals surface area contributed by atoms with E-state index in [1.165, 1.54) is 14.2 Å². The zero-order chi connectivity index (χ0) is 11.4. The van der Waals surface area contributed by atoms with Gasteiger partial charge in [-0.15, -0.1) is 0 Å². The molecule has 1 aromatic carbocycles. The molecule has 2 amide bonds. The molecule has 15 heavy (non-hydrogen) atoms. The van der Waals surface area contributed by atoms with Gasteiger partial charge in [0.05, 0.1) is 25.6 Å². The lowest BCUT2D eigenvalue weighted by Crippen LogP contribution is -2.19. The van der Waals surface area contributed by atoms with Gasteiger partial charge in [-0.25, -0.2) is 4.79 Å². The largest absolute Gasteiger partial charge is 0.495 e. The Labute approximate surface area is 87.1 Å². The van der Waals surface area contributed by atoms with Crippen molar-refractivity contribution in [1.82, 2.24) is 0 Å². The van der Waals surface area contributed by atoms with Crippen LogP contribution < -0.4 is 26.3 Å². The Balaban J connectivity index is 3.16. The molecule has 0 bridgehead atoms. The van der Waals surface area contributed by atoms with E-state index >= 15 is 0 Å². The molecular weight excluding hydrogens is 198 g/mol. The van der Waals surface area contributed by atoms with Crippen molar-refractivity contribution in [1.29, 1.82) is 0 Å². The number of carbonyl (C=O) groups is 1. The molecule has 0 aliphatic rings. The van der Waals surface area contributed by atoms with Crippen LogP contribution in [0, 0.1) is 0 Å². The summed E-state index contributed by atoms with van der Waals surface area (Å²) in [5, 5.41) is 2.40. The zero-order valence-corrected chi connectivity index (χ0v) is 8.53. The summed E-state index contributed by atoms with van der Waals surface area (Å²) < 4.78 is 10.0. The quantitative estimate of drug-likeness (QED) is 0.643. The summed E-state index contributed by atoms with van der Waals surface area (Å²) in [6, 6.07) is 2.41. The molecule has 0 unspecified atom stereocenters. The number of rotatable bonds is 3. The third-order valence-electron chi connectivity index (χ3n) is 1.81. The summed E-state index contributed by atoms with van der Waals surface area (Å²) in [7, 11) is 2.94. The van der Waals surface area contributed by atoms with Gasteiger partial charge in [-0.3, -0.25) is 0 Å². The molecule has 0 atom stereocenters. The van der Waals surface area contributed by atoms with Crippen molar-refractivity contribution in [3.63, 3.8) is 0 Å². The fraction of sp³-hybridized carbons (Fsp3) is 0.222. The summed E-state index contributed by atoms with van der Waals surface area (Å²) >= 11 is 0. The van der Waals surface area contributed by atoms with Gasteiger partial charge in [0.2, 0.25) is 0 Å². The zero-order valence-electron chi connectivity index (χ0n) is 8.53. The number of hydrogen-bond donors (Lipinski definition) is 3. The van der Waals surface area contributed by atoms with E-state index in [-0.39, 0.29) is 0 Å². The minimum absolute atomic E-state index is 0.413. The van der Waals surface area contributed by atoms with Gasteiger partial charge in [0.1, 0.15) is 11.5 Å². The van der Waals surface area contributed by atoms with Crippen LogP contribution in [0.1, 0.15) is 0 Å². The smallest absolute Gasteiger partial charge is 0.316 e. The number of ether oxygens (including phenoxy) is 2. The Kier molecular flexibility index (Phi) is 3.22. The van der Waals surface area contributed by atoms with Crippen LogP contribution in [0.2, 0.25) is 0 Å². The maximum atomic E-state index is 10.7. The van der Waals surface area contributed by atoms with E-state index in [0.717, 1.165) is 0 Å². The van der Waals surface area contributed by atoms with Crippen molar-refractivity contribution in [3.05, 3.63) is 12.1 Å². The minimum Gasteiger partial charge on any atom is -0.495 e. The molecule has 0 fully saturated rings. The Morgan fingerprint density at radius 1 is 1.27 bits per heavy atom. The van der Waals surface area contributed by atoms with E-state index < -0.39 is 6.03 Å². The van der Waals surface area contributed by atoms with E-state index in [2.05, 4.69) is 5.32 Å². The molecule has 0 saturated heterocycles. The molecule has 0 aromatic heterocycles. The number of amides is 2. The Morgan fingerprint density at radius 3 is 2.33 bits per heavy atom. The van der Waals surface area contributed by atoms with Crippen molar-refractivity contribution >= 4 is 17.4 Å². The van der Waals surface area contributed by atoms with E-state index in [1.54, 1.807) is 12.1 Å². The predicted molar refractivity (Wildman–Crippen MR) is 57.2 cm³/mol. The second-order valence-corrected chi connectivity index (χ2v) is 2.78. The Bertz CT molecular complexity index is 379. The highest BCUT2D eigenvalue weighted by Crippen LogP contribution is 2.34. The molecule has 0 saturated carbocycles. The van der Waals surface area contributed by atoms with E-state index in [0.29, 0.717) is 22.9 Å². The van der Waals surface area contributed by atoms with Crippen molar-refractivity contribution in [2.45, 2.75) is 0 Å². The second kappa shape index (κ2) is 4.41. The van der Waals surface area contributed by atoms with Gasteiger partial charge in [0, 0.05) is 12.1 Å². The summed E-state index contributed by atoms with van der Waals surface area (Å²) in [6.07, 6.45) is 0. The summed E-state index contributed by atoms with van der Waals surface area (Å²) in [5.41, 5.74) is 11.5. The molecule has 5 N–H and O–H groups in total. The second-order valence-electron chi connectivity index (χ2n) is 2.78. The van der Waals surface area contributed by atoms with Crippen LogP contribution in [0.5, 0.6) is 11.5 Å². The van der Waals surface area contributed by atoms with E-state index in [1.807, 2.05) is 0 Å². The lowest BCUT2D eigenvalue weighted by molar-refractivity contribution is 0.259. The van der Waals surface area contributed by atoms with Crippen LogP contribution in [-0.4, -0.2) is 20.3 Å². The molecule has 6 heteroatoms. The van der Waals surface area contributed by atoms with E-state index in [9.17, 15) is 4.79 Å². The average molecular weight is 211 g/mol. The number of carbonyl (C=O) groups excluding carboxylic acids is 1. The SMILES string of the molecule is COc1cc(NC(N)=O)c(OC)cc1N. The topological polar surface area (TPSA) is 99.6 Å². The van der Waals surface area contributed by atoms with Gasteiger partial charge >= 0.3 is 6.03 Å². The standard InChI is InChI=1S/C9H13N3O3/c1-14-7-4-6(12-9(11)13)8(15-2)3-5(7)10/h3-4H,10H2,1-2H3,(H3,11,12,13). The highest BCUT2D eigenvalue weighted by molar-refractivity contribution is 5.90. The van der Waals surface area contributed by atoms with Crippen LogP contribution in [0.4, 0.5) is 16.2 Å². The van der Waals surface area contributed by atoms with Crippen molar-refractivity contribution in [3.8, 4) is 11.5 Å². The Hall–Kier alpha value is -2.11. The number of hydrogen-bond acceptors (Lipinski definition) is 4. The highest BCUT2D eigenvalue weighted by Gasteiger charge is 2.10. The monoisotopic (exact) mass is 211 g/mol. The molecule has 82 valence electrons. The molecule has 1 aromatic rings. The average Bonchev–Trinajstić information content (AvgIpc) is 2.19. The van der Waals surface area contributed by atoms with Crippen LogP contribution in [0.3, 0.4) is 0 Å². The number of nitrogen functional groups attached to an aromatic ring is 1. The molecule has 1 rings (SSSR count). The third kappa shape index (κ3) is 2.43. The lowest BCUT2D eigenvalue weighted by atomic mass is 10.2. The summed E-state index contributed by atoms with van der Waals surface area (Å²) in [6.45, 7) is 0. The van der Waals surface area contributed by atoms with Crippen molar-refractivity contribution in [2.24, 2.45) is 5.73 Å². The molecule has 0 aliphatic carbocycles. The molecule has 0 radical (unpaired) electrons. The summed E-state index contributed by atoms with van der Waals surface area (Å²) in [4.78, 5) is 10.7. The molecular formula is C9H13N3O3. The number of urea groups is 1. The van der Waals surface area contributed by atoms with Crippen LogP contribution in [0.25, 0.3) is 0 Å². The first-order valence-corrected chi connectivity index (χ1v) is 4.16. The van der Waals surface area contributed by atoms with Gasteiger partial charge in [-0.05, 0) is 0 Å². The minimum atomic E-state index is -0.680. The number of nitrogens with one attached hydrogen (secondary N) is 1. The Morgan fingerprint density at radius 2 is 1.87 bits per heavy atom. The molecule has 0 spiro atoms. The summed E-state index contributed by atoms with van der Waals surface area (Å²) in [5.74, 6) is 0.867. The highest BCUT2D eigenvalue weighted by atomic mass is 16.5. The maximum absolute atomic E-state index is 10.7. The van der Waals surface area contributed by atoms with Gasteiger partial charge in [-0.1, -0.05) is 0 Å². The first kappa shape index (κ1) is 11.0. The first-order chi connectivity index (χ1) is 7.08. The van der Waals surface area contributed by atoms with Crippen LogP contribution in [-0.2, 0) is 0 Å². The predicted octanol–water partition coefficient (Wildman–Crippen LogP) is 0.777. The number of nitrogens with two attached hydrogens (primary N) is 2. The van der Waals surface area contributed by atoms with E-state index in [4.69, 9.17) is 20.9 Å². The number of anilines is 2. The van der Waals surface area contributed by atoms with Crippen molar-refractivity contribution in [2.75, 3.05) is 25.3 Å². The van der Waals surface area contributed by atoms with Gasteiger partial charge in [0.25, 0.3) is 0 Å².